The molecule has 0 aliphatic carbocycles. The zero-order valence-electron chi connectivity index (χ0n) is 13.2. The number of hydrogen-bond acceptors (Lipinski definition) is 3. The highest BCUT2D eigenvalue weighted by Gasteiger charge is 2.20. The highest BCUT2D eigenvalue weighted by molar-refractivity contribution is 7.89. The molecule has 12 heteroatoms. The molecule has 0 atom stereocenters. The number of nitrogens with zero attached hydrogens (tertiary/aromatic N) is 2. The standard InChI is InChI=1S/C14H13ClF4N4O2S/c1-23-6-8(26(24,25)21-5-12(17)18)4-11(23)14(20)22-7-2-9(15)13(19)10(16)3-7/h2-4,6,12,21H,5H2,1H3,(H2,20,22). The van der Waals surface area contributed by atoms with Crippen molar-refractivity contribution in [3.05, 3.63) is 46.7 Å². The number of aliphatic imine (C=N–C) groups is 1. The van der Waals surface area contributed by atoms with E-state index in [4.69, 9.17) is 17.3 Å². The fraction of sp³-hybridized carbons (Fsp3) is 0.214. The van der Waals surface area contributed by atoms with E-state index in [0.717, 1.165) is 24.4 Å². The monoisotopic (exact) mass is 412 g/mol. The molecule has 2 rings (SSSR count). The van der Waals surface area contributed by atoms with Gasteiger partial charge >= 0.3 is 0 Å². The Morgan fingerprint density at radius 1 is 1.35 bits per heavy atom. The van der Waals surface area contributed by atoms with E-state index in [9.17, 15) is 26.0 Å². The summed E-state index contributed by atoms with van der Waals surface area (Å²) in [6.45, 7) is -1.04. The number of nitrogens with two attached hydrogens (primary N) is 1. The number of hydrogen-bond donors (Lipinski definition) is 2. The van der Waals surface area contributed by atoms with E-state index >= 15 is 0 Å². The Hall–Kier alpha value is -2.11. The molecule has 0 radical (unpaired) electrons. The number of benzene rings is 1. The number of nitrogens with one attached hydrogen (secondary N) is 1. The minimum absolute atomic E-state index is 0.0900. The van der Waals surface area contributed by atoms with Gasteiger partial charge in [0.1, 0.15) is 10.7 Å². The Morgan fingerprint density at radius 2 is 2.00 bits per heavy atom. The first-order chi connectivity index (χ1) is 12.0. The molecule has 0 saturated heterocycles. The van der Waals surface area contributed by atoms with Gasteiger partial charge in [-0.1, -0.05) is 11.6 Å². The Morgan fingerprint density at radius 3 is 2.58 bits per heavy atom. The number of halogens is 5. The van der Waals surface area contributed by atoms with Crippen LogP contribution in [-0.2, 0) is 17.1 Å². The normalized spacial score (nSPS) is 12.8. The zero-order valence-corrected chi connectivity index (χ0v) is 14.8. The Balaban J connectivity index is 2.36. The quantitative estimate of drug-likeness (QED) is 0.331. The molecule has 0 saturated carbocycles. The van der Waals surface area contributed by atoms with Crippen LogP contribution >= 0.6 is 11.6 Å². The summed E-state index contributed by atoms with van der Waals surface area (Å²) in [4.78, 5) is 3.56. The van der Waals surface area contributed by atoms with Crippen LogP contribution in [-0.4, -0.2) is 31.8 Å². The second-order valence-electron chi connectivity index (χ2n) is 5.14. The van der Waals surface area contributed by atoms with Gasteiger partial charge in [0.05, 0.1) is 22.9 Å². The summed E-state index contributed by atoms with van der Waals surface area (Å²) in [5.74, 6) is -2.68. The molecule has 0 amide bonds. The van der Waals surface area contributed by atoms with Gasteiger partial charge in [0.15, 0.2) is 11.6 Å². The fourth-order valence-electron chi connectivity index (χ4n) is 1.99. The fourth-order valence-corrected chi connectivity index (χ4v) is 3.27. The van der Waals surface area contributed by atoms with E-state index in [0.29, 0.717) is 0 Å². The minimum Gasteiger partial charge on any atom is -0.382 e. The maximum absolute atomic E-state index is 13.4. The van der Waals surface area contributed by atoms with Crippen molar-refractivity contribution in [2.75, 3.05) is 6.54 Å². The Bertz CT molecular complexity index is 937. The number of rotatable bonds is 6. The average Bonchev–Trinajstić information content (AvgIpc) is 2.93. The molecule has 1 aromatic heterocycles. The number of amidine groups is 1. The van der Waals surface area contributed by atoms with Crippen molar-refractivity contribution < 1.29 is 26.0 Å². The van der Waals surface area contributed by atoms with Gasteiger partial charge in [-0.3, -0.25) is 0 Å². The first-order valence-electron chi connectivity index (χ1n) is 6.94. The molecule has 1 aromatic carbocycles. The molecule has 142 valence electrons. The van der Waals surface area contributed by atoms with Gasteiger partial charge in [-0.15, -0.1) is 0 Å². The van der Waals surface area contributed by atoms with Crippen LogP contribution in [0.25, 0.3) is 0 Å². The minimum atomic E-state index is -4.17. The third-order valence-electron chi connectivity index (χ3n) is 3.20. The maximum atomic E-state index is 13.4. The van der Waals surface area contributed by atoms with Gasteiger partial charge in [-0.05, 0) is 12.1 Å². The summed E-state index contributed by atoms with van der Waals surface area (Å²) >= 11 is 5.52. The average molecular weight is 413 g/mol. The lowest BCUT2D eigenvalue weighted by molar-refractivity contribution is 0.153. The second-order valence-corrected chi connectivity index (χ2v) is 7.31. The lowest BCUT2D eigenvalue weighted by atomic mass is 10.3. The van der Waals surface area contributed by atoms with E-state index in [-0.39, 0.29) is 22.1 Å². The van der Waals surface area contributed by atoms with Crippen molar-refractivity contribution >= 4 is 33.1 Å². The van der Waals surface area contributed by atoms with Crippen LogP contribution in [0.15, 0.2) is 34.3 Å². The van der Waals surface area contributed by atoms with Crippen LogP contribution in [0.4, 0.5) is 23.2 Å². The molecule has 0 bridgehead atoms. The van der Waals surface area contributed by atoms with E-state index in [1.54, 1.807) is 4.72 Å². The van der Waals surface area contributed by atoms with Crippen LogP contribution in [0.1, 0.15) is 5.69 Å². The van der Waals surface area contributed by atoms with Gasteiger partial charge in [-0.2, -0.15) is 0 Å². The topological polar surface area (TPSA) is 89.5 Å². The summed E-state index contributed by atoms with van der Waals surface area (Å²) in [5, 5.41) is -0.497. The lowest BCUT2D eigenvalue weighted by Crippen LogP contribution is -2.28. The largest absolute Gasteiger partial charge is 0.382 e. The van der Waals surface area contributed by atoms with E-state index in [1.807, 2.05) is 0 Å². The first kappa shape index (κ1) is 20.2. The molecule has 2 aromatic rings. The summed E-state index contributed by atoms with van der Waals surface area (Å²) in [7, 11) is -2.73. The van der Waals surface area contributed by atoms with Crippen molar-refractivity contribution in [1.82, 2.24) is 9.29 Å². The van der Waals surface area contributed by atoms with Crippen LogP contribution in [0.2, 0.25) is 5.02 Å². The highest BCUT2D eigenvalue weighted by atomic mass is 35.5. The third-order valence-corrected chi connectivity index (χ3v) is 4.86. The summed E-state index contributed by atoms with van der Waals surface area (Å²) < 4.78 is 77.9. The maximum Gasteiger partial charge on any atom is 0.251 e. The lowest BCUT2D eigenvalue weighted by Gasteiger charge is -2.04. The molecule has 0 aliphatic rings. The van der Waals surface area contributed by atoms with Gasteiger partial charge in [0.2, 0.25) is 10.0 Å². The highest BCUT2D eigenvalue weighted by Crippen LogP contribution is 2.25. The molecule has 0 aliphatic heterocycles. The van der Waals surface area contributed by atoms with Gasteiger partial charge in [0, 0.05) is 19.3 Å². The Kier molecular flexibility index (Phi) is 5.94. The summed E-state index contributed by atoms with van der Waals surface area (Å²) in [6, 6.07) is 2.91. The molecule has 3 N–H and O–H groups in total. The molecule has 0 unspecified atom stereocenters. The smallest absolute Gasteiger partial charge is 0.251 e. The van der Waals surface area contributed by atoms with Crippen LogP contribution < -0.4 is 10.5 Å². The molecule has 1 heterocycles. The Labute approximate surface area is 151 Å². The van der Waals surface area contributed by atoms with Crippen LogP contribution in [0, 0.1) is 11.6 Å². The number of aryl methyl sites for hydroxylation is 1. The number of alkyl halides is 2. The third kappa shape index (κ3) is 4.54. The van der Waals surface area contributed by atoms with E-state index < -0.39 is 39.7 Å². The molecule has 6 nitrogen and oxygen atoms in total. The molecular formula is C14H13ClF4N4O2S. The van der Waals surface area contributed by atoms with Crippen molar-refractivity contribution in [1.29, 1.82) is 0 Å². The molecule has 0 spiro atoms. The number of sulfonamides is 1. The van der Waals surface area contributed by atoms with Crippen molar-refractivity contribution in [2.24, 2.45) is 17.8 Å². The van der Waals surface area contributed by atoms with Crippen molar-refractivity contribution in [3.8, 4) is 0 Å². The molecule has 0 fully saturated rings. The van der Waals surface area contributed by atoms with Gasteiger partial charge < -0.3 is 10.3 Å². The van der Waals surface area contributed by atoms with E-state index in [1.165, 1.54) is 11.6 Å². The van der Waals surface area contributed by atoms with Crippen molar-refractivity contribution in [2.45, 2.75) is 11.3 Å². The second kappa shape index (κ2) is 7.64. The van der Waals surface area contributed by atoms with Gasteiger partial charge in [-0.25, -0.2) is 35.7 Å². The van der Waals surface area contributed by atoms with Crippen LogP contribution in [0.3, 0.4) is 0 Å². The predicted molar refractivity (Wildman–Crippen MR) is 88.4 cm³/mol. The SMILES string of the molecule is Cn1cc(S(=O)(=O)NCC(F)F)cc1C(N)=Nc1cc(F)c(F)c(Cl)c1. The summed E-state index contributed by atoms with van der Waals surface area (Å²) in [6.07, 6.45) is -1.71. The molecular weight excluding hydrogens is 400 g/mol. The zero-order chi connectivity index (χ0) is 19.6. The first-order valence-corrected chi connectivity index (χ1v) is 8.80. The predicted octanol–water partition coefficient (Wildman–Crippen LogP) is 2.54. The molecule has 26 heavy (non-hydrogen) atoms. The summed E-state index contributed by atoms with van der Waals surface area (Å²) in [5.41, 5.74) is 5.80. The van der Waals surface area contributed by atoms with Gasteiger partial charge in [0.25, 0.3) is 6.43 Å². The van der Waals surface area contributed by atoms with Crippen molar-refractivity contribution in [3.63, 3.8) is 0 Å². The van der Waals surface area contributed by atoms with Crippen LogP contribution in [0.5, 0.6) is 0 Å². The number of aromatic nitrogens is 1. The van der Waals surface area contributed by atoms with E-state index in [2.05, 4.69) is 4.99 Å².